The van der Waals surface area contributed by atoms with Crippen LogP contribution in [0.5, 0.6) is 5.75 Å². The first-order valence-corrected chi connectivity index (χ1v) is 7.25. The van der Waals surface area contributed by atoms with Crippen LogP contribution in [0.2, 0.25) is 0 Å². The molecule has 1 aromatic carbocycles. The second-order valence-electron chi connectivity index (χ2n) is 4.68. The number of carbonyl (C=O) groups excluding carboxylic acids is 1. The summed E-state index contributed by atoms with van der Waals surface area (Å²) in [5, 5.41) is 9.04. The number of halogens is 1. The van der Waals surface area contributed by atoms with Crippen molar-refractivity contribution in [1.29, 1.82) is 0 Å². The van der Waals surface area contributed by atoms with E-state index in [0.29, 0.717) is 12.3 Å². The van der Waals surface area contributed by atoms with Crippen molar-refractivity contribution in [3.63, 3.8) is 0 Å². The summed E-state index contributed by atoms with van der Waals surface area (Å²) in [6, 6.07) is 7.74. The van der Waals surface area contributed by atoms with E-state index in [9.17, 15) is 4.79 Å². The molecule has 0 aliphatic heterocycles. The van der Waals surface area contributed by atoms with Crippen LogP contribution in [0.25, 0.3) is 0 Å². The van der Waals surface area contributed by atoms with Gasteiger partial charge in [-0.15, -0.1) is 0 Å². The molecule has 1 amide bonds. The topological polar surface area (TPSA) is 49.8 Å². The van der Waals surface area contributed by atoms with Crippen LogP contribution in [-0.2, 0) is 4.79 Å². The van der Waals surface area contributed by atoms with Gasteiger partial charge in [-0.05, 0) is 47.8 Å². The first-order valence-electron chi connectivity index (χ1n) is 6.46. The van der Waals surface area contributed by atoms with E-state index in [2.05, 4.69) is 15.9 Å². The zero-order valence-corrected chi connectivity index (χ0v) is 12.5. The normalized spacial score (nSPS) is 15.9. The molecule has 4 nitrogen and oxygen atoms in total. The van der Waals surface area contributed by atoms with Gasteiger partial charge in [0, 0.05) is 12.6 Å². The number of benzene rings is 1. The van der Waals surface area contributed by atoms with Crippen LogP contribution in [-0.4, -0.2) is 41.2 Å². The van der Waals surface area contributed by atoms with E-state index in [1.54, 1.807) is 11.8 Å². The van der Waals surface area contributed by atoms with Crippen molar-refractivity contribution in [2.75, 3.05) is 13.2 Å². The van der Waals surface area contributed by atoms with E-state index >= 15 is 0 Å². The standard InChI is InChI=1S/C14H18BrNO3/c1-10(19-13-5-3-2-4-12(13)15)14(18)16(8-9-17)11-6-7-11/h2-5,10-11,17H,6-9H2,1H3. The average molecular weight is 328 g/mol. The molecule has 1 saturated carbocycles. The Kier molecular flexibility index (Phi) is 4.82. The van der Waals surface area contributed by atoms with Crippen LogP contribution >= 0.6 is 15.9 Å². The number of hydrogen-bond donors (Lipinski definition) is 1. The van der Waals surface area contributed by atoms with E-state index in [-0.39, 0.29) is 18.6 Å². The third kappa shape index (κ3) is 3.70. The predicted octanol–water partition coefficient (Wildman–Crippen LogP) is 2.20. The second kappa shape index (κ2) is 6.39. The predicted molar refractivity (Wildman–Crippen MR) is 76.1 cm³/mol. The number of aliphatic hydroxyl groups is 1. The van der Waals surface area contributed by atoms with Crippen LogP contribution < -0.4 is 4.74 Å². The first-order chi connectivity index (χ1) is 9.13. The van der Waals surface area contributed by atoms with Crippen molar-refractivity contribution in [3.05, 3.63) is 28.7 Å². The molecule has 19 heavy (non-hydrogen) atoms. The van der Waals surface area contributed by atoms with Gasteiger partial charge in [0.1, 0.15) is 5.75 Å². The molecule has 1 aromatic rings. The van der Waals surface area contributed by atoms with Gasteiger partial charge in [0.2, 0.25) is 0 Å². The molecule has 1 fully saturated rings. The zero-order chi connectivity index (χ0) is 13.8. The van der Waals surface area contributed by atoms with Crippen molar-refractivity contribution >= 4 is 21.8 Å². The molecule has 5 heteroatoms. The molecule has 0 aromatic heterocycles. The zero-order valence-electron chi connectivity index (χ0n) is 10.9. The molecule has 0 saturated heterocycles. The third-order valence-corrected chi connectivity index (χ3v) is 3.75. The van der Waals surface area contributed by atoms with Crippen molar-refractivity contribution in [3.8, 4) is 5.75 Å². The van der Waals surface area contributed by atoms with Crippen LogP contribution in [0.4, 0.5) is 0 Å². The third-order valence-electron chi connectivity index (χ3n) is 3.10. The second-order valence-corrected chi connectivity index (χ2v) is 5.53. The molecule has 0 heterocycles. The highest BCUT2D eigenvalue weighted by molar-refractivity contribution is 9.10. The summed E-state index contributed by atoms with van der Waals surface area (Å²) in [6.45, 7) is 2.12. The van der Waals surface area contributed by atoms with Gasteiger partial charge in [-0.1, -0.05) is 12.1 Å². The van der Waals surface area contributed by atoms with Gasteiger partial charge in [-0.2, -0.15) is 0 Å². The van der Waals surface area contributed by atoms with Gasteiger partial charge in [-0.3, -0.25) is 4.79 Å². The van der Waals surface area contributed by atoms with Crippen LogP contribution in [0, 0.1) is 0 Å². The Labute approximate surface area is 121 Å². The molecular formula is C14H18BrNO3. The summed E-state index contributed by atoms with van der Waals surface area (Å²) >= 11 is 3.39. The van der Waals surface area contributed by atoms with Gasteiger partial charge in [0.15, 0.2) is 6.10 Å². The Balaban J connectivity index is 2.00. The van der Waals surface area contributed by atoms with Gasteiger partial charge in [-0.25, -0.2) is 0 Å². The maximum atomic E-state index is 12.3. The SMILES string of the molecule is CC(Oc1ccccc1Br)C(=O)N(CCO)C1CC1. The van der Waals surface area contributed by atoms with Gasteiger partial charge in [0.25, 0.3) is 5.91 Å². The molecule has 1 aliphatic rings. The van der Waals surface area contributed by atoms with Crippen LogP contribution in [0.1, 0.15) is 19.8 Å². The lowest BCUT2D eigenvalue weighted by Gasteiger charge is -2.25. The number of nitrogens with zero attached hydrogens (tertiary/aromatic N) is 1. The molecule has 0 bridgehead atoms. The summed E-state index contributed by atoms with van der Waals surface area (Å²) < 4.78 is 6.52. The molecule has 0 spiro atoms. The maximum Gasteiger partial charge on any atom is 0.263 e. The Hall–Kier alpha value is -1.07. The first kappa shape index (κ1) is 14.3. The summed E-state index contributed by atoms with van der Waals surface area (Å²) in [6.07, 6.45) is 1.49. The monoisotopic (exact) mass is 327 g/mol. The molecule has 1 unspecified atom stereocenters. The van der Waals surface area contributed by atoms with Gasteiger partial charge >= 0.3 is 0 Å². The number of rotatable bonds is 6. The quantitative estimate of drug-likeness (QED) is 0.871. The van der Waals surface area contributed by atoms with Gasteiger partial charge < -0.3 is 14.7 Å². The molecule has 104 valence electrons. The Morgan fingerprint density at radius 2 is 2.21 bits per heavy atom. The fourth-order valence-corrected chi connectivity index (χ4v) is 2.36. The minimum Gasteiger partial charge on any atom is -0.480 e. The molecule has 1 atom stereocenters. The largest absolute Gasteiger partial charge is 0.480 e. The highest BCUT2D eigenvalue weighted by atomic mass is 79.9. The fraction of sp³-hybridized carbons (Fsp3) is 0.500. The molecule has 1 N–H and O–H groups in total. The summed E-state index contributed by atoms with van der Waals surface area (Å²) in [5.41, 5.74) is 0. The molecule has 1 aliphatic carbocycles. The molecule has 2 rings (SSSR count). The summed E-state index contributed by atoms with van der Waals surface area (Å²) in [4.78, 5) is 14.0. The smallest absolute Gasteiger partial charge is 0.263 e. The Morgan fingerprint density at radius 3 is 2.79 bits per heavy atom. The molecular weight excluding hydrogens is 310 g/mol. The fourth-order valence-electron chi connectivity index (χ4n) is 1.98. The number of hydrogen-bond acceptors (Lipinski definition) is 3. The molecule has 0 radical (unpaired) electrons. The summed E-state index contributed by atoms with van der Waals surface area (Å²) in [5.74, 6) is 0.593. The minimum absolute atomic E-state index is 0.00993. The van der Waals surface area contributed by atoms with Crippen molar-refractivity contribution in [2.45, 2.75) is 31.9 Å². The van der Waals surface area contributed by atoms with Crippen molar-refractivity contribution < 1.29 is 14.6 Å². The van der Waals surface area contributed by atoms with E-state index in [4.69, 9.17) is 9.84 Å². The van der Waals surface area contributed by atoms with Crippen LogP contribution in [0.15, 0.2) is 28.7 Å². The van der Waals surface area contributed by atoms with Crippen molar-refractivity contribution in [2.24, 2.45) is 0 Å². The highest BCUT2D eigenvalue weighted by Gasteiger charge is 2.34. The van der Waals surface area contributed by atoms with E-state index in [1.165, 1.54) is 0 Å². The Morgan fingerprint density at radius 1 is 1.53 bits per heavy atom. The number of para-hydroxylation sites is 1. The lowest BCUT2D eigenvalue weighted by atomic mass is 10.3. The number of amides is 1. The van der Waals surface area contributed by atoms with E-state index in [1.807, 2.05) is 24.3 Å². The number of aliphatic hydroxyl groups excluding tert-OH is 1. The number of carbonyl (C=O) groups is 1. The lowest BCUT2D eigenvalue weighted by Crippen LogP contribution is -2.43. The lowest BCUT2D eigenvalue weighted by molar-refractivity contribution is -0.139. The average Bonchev–Trinajstić information content (AvgIpc) is 3.22. The highest BCUT2D eigenvalue weighted by Crippen LogP contribution is 2.29. The summed E-state index contributed by atoms with van der Waals surface area (Å²) in [7, 11) is 0. The minimum atomic E-state index is -0.550. The Bertz CT molecular complexity index is 448. The number of ether oxygens (including phenoxy) is 1. The van der Waals surface area contributed by atoms with E-state index in [0.717, 1.165) is 17.3 Å². The van der Waals surface area contributed by atoms with Gasteiger partial charge in [0.05, 0.1) is 11.1 Å². The van der Waals surface area contributed by atoms with Crippen molar-refractivity contribution in [1.82, 2.24) is 4.90 Å². The maximum absolute atomic E-state index is 12.3. The van der Waals surface area contributed by atoms with E-state index < -0.39 is 6.10 Å². The van der Waals surface area contributed by atoms with Crippen LogP contribution in [0.3, 0.4) is 0 Å².